The Morgan fingerprint density at radius 1 is 1.53 bits per heavy atom. The summed E-state index contributed by atoms with van der Waals surface area (Å²) in [5, 5.41) is 12.1. The van der Waals surface area contributed by atoms with Crippen molar-refractivity contribution >= 4 is 5.95 Å². The number of aromatic nitrogens is 3. The monoisotopic (exact) mass is 206 g/mol. The van der Waals surface area contributed by atoms with Crippen molar-refractivity contribution in [2.75, 3.05) is 5.32 Å². The molecule has 0 amide bonds. The van der Waals surface area contributed by atoms with Crippen LogP contribution in [0.3, 0.4) is 0 Å². The van der Waals surface area contributed by atoms with Crippen LogP contribution in [0.25, 0.3) is 0 Å². The molecule has 1 atom stereocenters. The highest BCUT2D eigenvalue weighted by molar-refractivity contribution is 5.29. The Bertz CT molecular complexity index is 429. The lowest BCUT2D eigenvalue weighted by molar-refractivity contribution is 0.451. The first-order valence-electron chi connectivity index (χ1n) is 4.42. The topological polar surface area (TPSA) is 84.1 Å². The summed E-state index contributed by atoms with van der Waals surface area (Å²) in [6.07, 6.45) is 4.44. The van der Waals surface area contributed by atoms with Gasteiger partial charge in [-0.3, -0.25) is 0 Å². The van der Waals surface area contributed by atoms with Gasteiger partial charge in [0.15, 0.2) is 6.39 Å². The van der Waals surface area contributed by atoms with E-state index in [4.69, 9.17) is 9.52 Å². The van der Waals surface area contributed by atoms with E-state index in [0.29, 0.717) is 11.7 Å². The number of anilines is 1. The third-order valence-electron chi connectivity index (χ3n) is 1.86. The molecule has 0 saturated heterocycles. The number of rotatable bonds is 3. The molecule has 2 aromatic heterocycles. The lowest BCUT2D eigenvalue weighted by Gasteiger charge is -2.09. The third-order valence-corrected chi connectivity index (χ3v) is 1.86. The molecule has 2 rings (SSSR count). The molecule has 0 aromatic carbocycles. The highest BCUT2D eigenvalue weighted by atomic mass is 16.3. The Labute approximate surface area is 86.0 Å². The van der Waals surface area contributed by atoms with E-state index in [-0.39, 0.29) is 11.9 Å². The second kappa shape index (κ2) is 3.95. The van der Waals surface area contributed by atoms with E-state index in [1.807, 2.05) is 6.92 Å². The van der Waals surface area contributed by atoms with Crippen molar-refractivity contribution in [3.05, 3.63) is 30.6 Å². The fraction of sp³-hybridized carbons (Fsp3) is 0.222. The number of aromatic hydroxyl groups is 1. The molecule has 2 aromatic rings. The normalized spacial score (nSPS) is 12.3. The summed E-state index contributed by atoms with van der Waals surface area (Å²) in [5.74, 6) is 0.957. The van der Waals surface area contributed by atoms with E-state index >= 15 is 0 Å². The largest absolute Gasteiger partial charge is 0.493 e. The first-order chi connectivity index (χ1) is 7.25. The molecule has 0 bridgehead atoms. The van der Waals surface area contributed by atoms with Crippen LogP contribution < -0.4 is 5.32 Å². The van der Waals surface area contributed by atoms with Gasteiger partial charge < -0.3 is 14.8 Å². The van der Waals surface area contributed by atoms with Crippen LogP contribution in [-0.4, -0.2) is 20.1 Å². The van der Waals surface area contributed by atoms with Crippen LogP contribution >= 0.6 is 0 Å². The molecular weight excluding hydrogens is 196 g/mol. The highest BCUT2D eigenvalue weighted by Gasteiger charge is 2.09. The zero-order valence-corrected chi connectivity index (χ0v) is 8.08. The maximum atomic E-state index is 9.13. The van der Waals surface area contributed by atoms with Gasteiger partial charge in [-0.05, 0) is 6.92 Å². The molecule has 0 aliphatic carbocycles. The summed E-state index contributed by atoms with van der Waals surface area (Å²) in [6, 6.07) is 1.30. The fourth-order valence-electron chi connectivity index (χ4n) is 1.12. The van der Waals surface area contributed by atoms with Gasteiger partial charge in [-0.25, -0.2) is 9.97 Å². The Balaban J connectivity index is 2.09. The quantitative estimate of drug-likeness (QED) is 0.788. The smallest absolute Gasteiger partial charge is 0.226 e. The minimum Gasteiger partial charge on any atom is -0.493 e. The van der Waals surface area contributed by atoms with Crippen molar-refractivity contribution in [3.63, 3.8) is 0 Å². The van der Waals surface area contributed by atoms with Crippen LogP contribution in [0, 0.1) is 0 Å². The summed E-state index contributed by atoms with van der Waals surface area (Å²) < 4.78 is 5.11. The maximum absolute atomic E-state index is 9.13. The number of hydrogen-bond donors (Lipinski definition) is 2. The number of hydrogen-bond acceptors (Lipinski definition) is 6. The van der Waals surface area contributed by atoms with Gasteiger partial charge in [0, 0.05) is 12.3 Å². The Morgan fingerprint density at radius 3 is 3.07 bits per heavy atom. The zero-order valence-electron chi connectivity index (χ0n) is 8.08. The number of oxazole rings is 1. The molecule has 78 valence electrons. The minimum atomic E-state index is -0.103. The summed E-state index contributed by atoms with van der Waals surface area (Å²) in [7, 11) is 0. The van der Waals surface area contributed by atoms with Gasteiger partial charge in [0.25, 0.3) is 0 Å². The Morgan fingerprint density at radius 2 is 2.40 bits per heavy atom. The van der Waals surface area contributed by atoms with Crippen LogP contribution in [0.2, 0.25) is 0 Å². The molecule has 15 heavy (non-hydrogen) atoms. The number of nitrogens with one attached hydrogen (secondary N) is 1. The molecule has 0 fully saturated rings. The molecule has 2 heterocycles. The second-order valence-electron chi connectivity index (χ2n) is 3.01. The first kappa shape index (κ1) is 9.45. The predicted octanol–water partition coefficient (Wildman–Crippen LogP) is 1.34. The van der Waals surface area contributed by atoms with Crippen LogP contribution in [-0.2, 0) is 0 Å². The van der Waals surface area contributed by atoms with Crippen LogP contribution in [0.15, 0.2) is 29.3 Å². The molecule has 2 N–H and O–H groups in total. The average molecular weight is 206 g/mol. The van der Waals surface area contributed by atoms with Crippen molar-refractivity contribution in [2.24, 2.45) is 0 Å². The predicted molar refractivity (Wildman–Crippen MR) is 52.2 cm³/mol. The molecular formula is C9H10N4O2. The molecule has 0 radical (unpaired) electrons. The van der Waals surface area contributed by atoms with Gasteiger partial charge in [-0.15, -0.1) is 0 Å². The molecule has 6 nitrogen and oxygen atoms in total. The fourth-order valence-corrected chi connectivity index (χ4v) is 1.12. The number of nitrogens with zero attached hydrogens (tertiary/aromatic N) is 3. The summed E-state index contributed by atoms with van der Waals surface area (Å²) in [5.41, 5.74) is 0. The Kier molecular flexibility index (Phi) is 2.49. The second-order valence-corrected chi connectivity index (χ2v) is 3.01. The minimum absolute atomic E-state index is 0.0720. The Hall–Kier alpha value is -2.11. The van der Waals surface area contributed by atoms with Gasteiger partial charge in [0.1, 0.15) is 5.76 Å². The van der Waals surface area contributed by atoms with Crippen LogP contribution in [0.4, 0.5) is 5.95 Å². The van der Waals surface area contributed by atoms with E-state index in [9.17, 15) is 0 Å². The highest BCUT2D eigenvalue weighted by Crippen LogP contribution is 2.16. The summed E-state index contributed by atoms with van der Waals surface area (Å²) in [4.78, 5) is 11.5. The van der Waals surface area contributed by atoms with Crippen LogP contribution in [0.1, 0.15) is 18.7 Å². The van der Waals surface area contributed by atoms with E-state index in [1.165, 1.54) is 18.7 Å². The molecule has 0 saturated carbocycles. The molecule has 6 heteroatoms. The average Bonchev–Trinajstić information content (AvgIpc) is 2.70. The molecule has 0 spiro atoms. The summed E-state index contributed by atoms with van der Waals surface area (Å²) in [6.45, 7) is 1.88. The van der Waals surface area contributed by atoms with Crippen LogP contribution in [0.5, 0.6) is 5.88 Å². The third kappa shape index (κ3) is 2.22. The van der Waals surface area contributed by atoms with E-state index in [2.05, 4.69) is 20.3 Å². The van der Waals surface area contributed by atoms with E-state index < -0.39 is 0 Å². The lowest BCUT2D eigenvalue weighted by atomic mass is 10.3. The van der Waals surface area contributed by atoms with Gasteiger partial charge in [-0.1, -0.05) is 0 Å². The standard InChI is InChI=1S/C9H10N4O2/c1-6(7-4-10-5-15-7)12-9-11-3-2-8(14)13-9/h2-6H,1H3,(H2,11,12,13,14). The molecule has 1 unspecified atom stereocenters. The van der Waals surface area contributed by atoms with Crippen molar-refractivity contribution < 1.29 is 9.52 Å². The van der Waals surface area contributed by atoms with Gasteiger partial charge in [-0.2, -0.15) is 4.98 Å². The van der Waals surface area contributed by atoms with Gasteiger partial charge in [0.05, 0.1) is 12.2 Å². The van der Waals surface area contributed by atoms with Crippen molar-refractivity contribution in [1.82, 2.24) is 15.0 Å². The van der Waals surface area contributed by atoms with E-state index in [1.54, 1.807) is 6.20 Å². The summed E-state index contributed by atoms with van der Waals surface area (Å²) >= 11 is 0. The van der Waals surface area contributed by atoms with E-state index in [0.717, 1.165) is 0 Å². The maximum Gasteiger partial charge on any atom is 0.226 e. The molecule has 0 aliphatic heterocycles. The SMILES string of the molecule is CC(Nc1nccc(O)n1)c1cnco1. The van der Waals surface area contributed by atoms with Crippen molar-refractivity contribution in [3.8, 4) is 5.88 Å². The first-order valence-corrected chi connectivity index (χ1v) is 4.42. The van der Waals surface area contributed by atoms with Crippen molar-refractivity contribution in [2.45, 2.75) is 13.0 Å². The lowest BCUT2D eigenvalue weighted by Crippen LogP contribution is -2.08. The van der Waals surface area contributed by atoms with Crippen molar-refractivity contribution in [1.29, 1.82) is 0 Å². The van der Waals surface area contributed by atoms with Gasteiger partial charge in [0.2, 0.25) is 11.8 Å². The van der Waals surface area contributed by atoms with Gasteiger partial charge >= 0.3 is 0 Å². The zero-order chi connectivity index (χ0) is 10.7. The molecule has 0 aliphatic rings.